The van der Waals surface area contributed by atoms with Crippen LogP contribution in [0, 0.1) is 6.92 Å². The maximum atomic E-state index is 13.0. The molecule has 4 rings (SSSR count). The van der Waals surface area contributed by atoms with Crippen molar-refractivity contribution in [1.29, 1.82) is 0 Å². The summed E-state index contributed by atoms with van der Waals surface area (Å²) in [5, 5.41) is 3.51. The third-order valence-corrected chi connectivity index (χ3v) is 4.41. The maximum Gasteiger partial charge on any atom is 0.260 e. The van der Waals surface area contributed by atoms with E-state index in [4.69, 9.17) is 0 Å². The first kappa shape index (κ1) is 14.5. The Morgan fingerprint density at radius 2 is 1.50 bits per heavy atom. The summed E-state index contributed by atoms with van der Waals surface area (Å²) in [6, 6.07) is 25.8. The monoisotopic (exact) mass is 314 g/mol. The smallest absolute Gasteiger partial charge is 0.260 e. The number of carbonyl (C=O) groups is 1. The SMILES string of the molecule is Cc1ccccc1N1C(=O)c2ccccc2[C@@H]1Nc1ccccc1. The summed E-state index contributed by atoms with van der Waals surface area (Å²) in [6.07, 6.45) is -0.211. The van der Waals surface area contributed by atoms with Crippen molar-refractivity contribution in [3.05, 3.63) is 95.6 Å². The largest absolute Gasteiger partial charge is 0.361 e. The summed E-state index contributed by atoms with van der Waals surface area (Å²) in [4.78, 5) is 14.9. The molecule has 1 amide bonds. The van der Waals surface area contributed by atoms with E-state index in [0.29, 0.717) is 0 Å². The van der Waals surface area contributed by atoms with Crippen LogP contribution in [0.1, 0.15) is 27.7 Å². The fourth-order valence-corrected chi connectivity index (χ4v) is 3.23. The predicted octanol–water partition coefficient (Wildman–Crippen LogP) is 4.77. The van der Waals surface area contributed by atoms with Crippen molar-refractivity contribution in [2.45, 2.75) is 13.1 Å². The van der Waals surface area contributed by atoms with Crippen molar-refractivity contribution in [2.75, 3.05) is 10.2 Å². The Morgan fingerprint density at radius 1 is 0.833 bits per heavy atom. The van der Waals surface area contributed by atoms with Gasteiger partial charge in [0.1, 0.15) is 6.17 Å². The molecule has 0 unspecified atom stereocenters. The second-order valence-corrected chi connectivity index (χ2v) is 5.96. The molecule has 118 valence electrons. The minimum absolute atomic E-state index is 0.0355. The van der Waals surface area contributed by atoms with Gasteiger partial charge in [0.15, 0.2) is 0 Å². The number of hydrogen-bond acceptors (Lipinski definition) is 2. The summed E-state index contributed by atoms with van der Waals surface area (Å²) < 4.78 is 0. The molecule has 1 aliphatic rings. The number of nitrogens with one attached hydrogen (secondary N) is 1. The first-order valence-electron chi connectivity index (χ1n) is 8.05. The Balaban J connectivity index is 1.82. The van der Waals surface area contributed by atoms with Gasteiger partial charge in [-0.2, -0.15) is 0 Å². The number of para-hydroxylation sites is 2. The predicted molar refractivity (Wildman–Crippen MR) is 97.2 cm³/mol. The van der Waals surface area contributed by atoms with Crippen molar-refractivity contribution in [1.82, 2.24) is 0 Å². The number of amides is 1. The molecule has 1 heterocycles. The number of fused-ring (bicyclic) bond motifs is 1. The quantitative estimate of drug-likeness (QED) is 0.755. The van der Waals surface area contributed by atoms with Gasteiger partial charge in [-0.15, -0.1) is 0 Å². The maximum absolute atomic E-state index is 13.0. The summed E-state index contributed by atoms with van der Waals surface area (Å²) in [7, 11) is 0. The molecule has 0 bridgehead atoms. The lowest BCUT2D eigenvalue weighted by Gasteiger charge is -2.28. The second kappa shape index (κ2) is 5.85. The van der Waals surface area contributed by atoms with E-state index in [0.717, 1.165) is 28.1 Å². The summed E-state index contributed by atoms with van der Waals surface area (Å²) in [5.74, 6) is 0.0355. The molecular formula is C21H18N2O. The molecule has 1 atom stereocenters. The molecule has 0 fully saturated rings. The Labute approximate surface area is 141 Å². The number of carbonyl (C=O) groups excluding carboxylic acids is 1. The zero-order valence-corrected chi connectivity index (χ0v) is 13.4. The third-order valence-electron chi connectivity index (χ3n) is 4.41. The molecule has 0 radical (unpaired) electrons. The highest BCUT2D eigenvalue weighted by molar-refractivity contribution is 6.11. The van der Waals surface area contributed by atoms with E-state index >= 15 is 0 Å². The minimum atomic E-state index is -0.211. The van der Waals surface area contributed by atoms with E-state index in [9.17, 15) is 4.79 Å². The van der Waals surface area contributed by atoms with Crippen LogP contribution in [0.2, 0.25) is 0 Å². The van der Waals surface area contributed by atoms with Crippen LogP contribution < -0.4 is 10.2 Å². The fraction of sp³-hybridized carbons (Fsp3) is 0.0952. The van der Waals surface area contributed by atoms with E-state index < -0.39 is 0 Å². The van der Waals surface area contributed by atoms with E-state index in [2.05, 4.69) is 5.32 Å². The zero-order chi connectivity index (χ0) is 16.5. The Hall–Kier alpha value is -3.07. The van der Waals surface area contributed by atoms with Gasteiger partial charge in [0.05, 0.1) is 0 Å². The Bertz CT molecular complexity index is 889. The molecular weight excluding hydrogens is 296 g/mol. The highest BCUT2D eigenvalue weighted by Gasteiger charge is 2.37. The summed E-state index contributed by atoms with van der Waals surface area (Å²) >= 11 is 0. The van der Waals surface area contributed by atoms with Crippen LogP contribution >= 0.6 is 0 Å². The van der Waals surface area contributed by atoms with Gasteiger partial charge in [-0.05, 0) is 36.8 Å². The van der Waals surface area contributed by atoms with Crippen molar-refractivity contribution in [2.24, 2.45) is 0 Å². The molecule has 3 heteroatoms. The minimum Gasteiger partial charge on any atom is -0.361 e. The Kier molecular flexibility index (Phi) is 3.54. The summed E-state index contributed by atoms with van der Waals surface area (Å²) in [6.45, 7) is 2.03. The van der Waals surface area contributed by atoms with E-state index in [1.54, 1.807) is 0 Å². The van der Waals surface area contributed by atoms with Crippen LogP contribution in [0.3, 0.4) is 0 Å². The molecule has 0 spiro atoms. The lowest BCUT2D eigenvalue weighted by Crippen LogP contribution is -2.32. The van der Waals surface area contributed by atoms with Gasteiger partial charge in [0.2, 0.25) is 0 Å². The molecule has 3 nitrogen and oxygen atoms in total. The van der Waals surface area contributed by atoms with Crippen LogP contribution in [-0.2, 0) is 0 Å². The molecule has 24 heavy (non-hydrogen) atoms. The van der Waals surface area contributed by atoms with Crippen LogP contribution in [-0.4, -0.2) is 5.91 Å². The lowest BCUT2D eigenvalue weighted by atomic mass is 10.1. The molecule has 3 aromatic rings. The molecule has 3 aromatic carbocycles. The highest BCUT2D eigenvalue weighted by atomic mass is 16.2. The van der Waals surface area contributed by atoms with Crippen LogP contribution in [0.5, 0.6) is 0 Å². The number of aryl methyl sites for hydroxylation is 1. The lowest BCUT2D eigenvalue weighted by molar-refractivity contribution is 0.0993. The van der Waals surface area contributed by atoms with E-state index in [-0.39, 0.29) is 12.1 Å². The number of rotatable bonds is 3. The van der Waals surface area contributed by atoms with Gasteiger partial charge in [0, 0.05) is 22.5 Å². The third kappa shape index (κ3) is 2.35. The van der Waals surface area contributed by atoms with Gasteiger partial charge < -0.3 is 5.32 Å². The normalized spacial score (nSPS) is 16.1. The number of hydrogen-bond donors (Lipinski definition) is 1. The Morgan fingerprint density at radius 3 is 2.29 bits per heavy atom. The molecule has 1 aliphatic heterocycles. The van der Waals surface area contributed by atoms with Crippen molar-refractivity contribution in [3.63, 3.8) is 0 Å². The van der Waals surface area contributed by atoms with Gasteiger partial charge in [-0.3, -0.25) is 9.69 Å². The molecule has 0 aromatic heterocycles. The van der Waals surface area contributed by atoms with Crippen molar-refractivity contribution >= 4 is 17.3 Å². The topological polar surface area (TPSA) is 32.3 Å². The average Bonchev–Trinajstić information content (AvgIpc) is 2.89. The van der Waals surface area contributed by atoms with Gasteiger partial charge in [-0.25, -0.2) is 0 Å². The zero-order valence-electron chi connectivity index (χ0n) is 13.4. The molecule has 1 N–H and O–H groups in total. The molecule has 0 saturated carbocycles. The number of nitrogens with zero attached hydrogens (tertiary/aromatic N) is 1. The van der Waals surface area contributed by atoms with Gasteiger partial charge in [0.25, 0.3) is 5.91 Å². The summed E-state index contributed by atoms with van der Waals surface area (Å²) in [5.41, 5.74) is 4.78. The van der Waals surface area contributed by atoms with Crippen molar-refractivity contribution < 1.29 is 4.79 Å². The first-order valence-corrected chi connectivity index (χ1v) is 8.05. The fourth-order valence-electron chi connectivity index (χ4n) is 3.23. The van der Waals surface area contributed by atoms with Gasteiger partial charge in [-0.1, -0.05) is 54.6 Å². The number of benzene rings is 3. The molecule has 0 saturated heterocycles. The van der Waals surface area contributed by atoms with Crippen LogP contribution in [0.25, 0.3) is 0 Å². The first-order chi connectivity index (χ1) is 11.8. The van der Waals surface area contributed by atoms with Crippen molar-refractivity contribution in [3.8, 4) is 0 Å². The average molecular weight is 314 g/mol. The standard InChI is InChI=1S/C21H18N2O/c1-15-9-5-8-14-19(15)23-20(22-16-10-3-2-4-11-16)17-12-6-7-13-18(17)21(23)24/h2-14,20,22H,1H3/t20-/m1/s1. The van der Waals surface area contributed by atoms with Crippen LogP contribution in [0.4, 0.5) is 11.4 Å². The van der Waals surface area contributed by atoms with Crippen LogP contribution in [0.15, 0.2) is 78.9 Å². The van der Waals surface area contributed by atoms with E-state index in [1.807, 2.05) is 90.7 Å². The highest BCUT2D eigenvalue weighted by Crippen LogP contribution is 2.39. The second-order valence-electron chi connectivity index (χ2n) is 5.96. The number of anilines is 2. The van der Waals surface area contributed by atoms with Gasteiger partial charge >= 0.3 is 0 Å². The van der Waals surface area contributed by atoms with E-state index in [1.165, 1.54) is 0 Å². The molecule has 0 aliphatic carbocycles.